The molecule has 0 saturated heterocycles. The smallest absolute Gasteiger partial charge is 0.448 e. The highest BCUT2D eigenvalue weighted by Crippen LogP contribution is 2.00. The summed E-state index contributed by atoms with van der Waals surface area (Å²) in [5.41, 5.74) is 1.39. The largest absolute Gasteiger partial charge is 0.537 e. The van der Waals surface area contributed by atoms with E-state index in [9.17, 15) is 4.79 Å². The molecule has 0 atom stereocenters. The van der Waals surface area contributed by atoms with Gasteiger partial charge in [-0.25, -0.2) is 4.79 Å². The van der Waals surface area contributed by atoms with Gasteiger partial charge >= 0.3 is 13.3 Å². The monoisotopic (exact) mass is 290 g/mol. The zero-order chi connectivity index (χ0) is 15.5. The lowest BCUT2D eigenvalue weighted by atomic mass is 9.81. The molecule has 0 saturated carbocycles. The molecule has 0 spiro atoms. The minimum absolute atomic E-state index is 0.132. The van der Waals surface area contributed by atoms with E-state index in [1.54, 1.807) is 24.3 Å². The lowest BCUT2D eigenvalue weighted by Crippen LogP contribution is -2.29. The summed E-state index contributed by atoms with van der Waals surface area (Å²) in [6.45, 7) is 0.132. The van der Waals surface area contributed by atoms with Gasteiger partial charge in [0.1, 0.15) is 6.61 Å². The molecule has 0 fully saturated rings. The van der Waals surface area contributed by atoms with Crippen molar-refractivity contribution in [2.75, 3.05) is 0 Å². The lowest BCUT2D eigenvalue weighted by Gasteiger charge is -1.98. The van der Waals surface area contributed by atoms with Crippen molar-refractivity contribution in [3.8, 4) is 0 Å². The van der Waals surface area contributed by atoms with Crippen LogP contribution in [0, 0.1) is 0 Å². The Morgan fingerprint density at radius 2 is 1.48 bits per heavy atom. The Bertz CT molecular complexity index is 518. The van der Waals surface area contributed by atoms with E-state index in [0.29, 0.717) is 5.46 Å². The highest BCUT2D eigenvalue weighted by Gasteiger charge is 2.07. The molecule has 110 valence electrons. The molecular weight excluding hydrogens is 275 g/mol. The van der Waals surface area contributed by atoms with Crippen molar-refractivity contribution >= 4 is 18.7 Å². The van der Waals surface area contributed by atoms with E-state index in [-0.39, 0.29) is 6.61 Å². The second-order valence-electron chi connectivity index (χ2n) is 3.88. The Hall–Kier alpha value is -2.35. The Morgan fingerprint density at radius 3 is 1.90 bits per heavy atom. The summed E-state index contributed by atoms with van der Waals surface area (Å²) in [6, 6.07) is 17.8. The second kappa shape index (κ2) is 9.54. The second-order valence-corrected chi connectivity index (χ2v) is 3.88. The fourth-order valence-corrected chi connectivity index (χ4v) is 1.35. The normalized spacial score (nSPS) is 9.24. The van der Waals surface area contributed by atoms with Gasteiger partial charge in [-0.1, -0.05) is 60.7 Å². The lowest BCUT2D eigenvalue weighted by molar-refractivity contribution is -0.260. The van der Waals surface area contributed by atoms with Crippen molar-refractivity contribution in [3.63, 3.8) is 0 Å². The average molecular weight is 290 g/mol. The van der Waals surface area contributed by atoms with E-state index in [4.69, 9.17) is 15.2 Å². The van der Waals surface area contributed by atoms with Crippen LogP contribution in [0.3, 0.4) is 0 Å². The molecule has 2 aromatic rings. The molecule has 0 aliphatic rings. The minimum Gasteiger partial charge on any atom is -0.448 e. The van der Waals surface area contributed by atoms with Gasteiger partial charge in [-0.05, 0) is 11.0 Å². The quantitative estimate of drug-likeness (QED) is 0.444. The molecule has 0 heterocycles. The number of hydrogen-bond acceptors (Lipinski definition) is 5. The van der Waals surface area contributed by atoms with E-state index in [2.05, 4.69) is 9.78 Å². The average Bonchev–Trinajstić information content (AvgIpc) is 2.49. The third kappa shape index (κ3) is 7.73. The molecule has 3 N–H and O–H groups in total. The number of carbonyl (C=O) groups is 1. The summed E-state index contributed by atoms with van der Waals surface area (Å²) in [7, 11) is -1.34. The molecule has 6 nitrogen and oxygen atoms in total. The Labute approximate surface area is 122 Å². The van der Waals surface area contributed by atoms with E-state index in [1.807, 2.05) is 36.4 Å². The number of carboxylic acid groups (broad SMARTS) is 1. The first-order valence-corrected chi connectivity index (χ1v) is 6.07. The maximum atomic E-state index is 9.84. The van der Waals surface area contributed by atoms with Gasteiger partial charge in [-0.3, -0.25) is 4.89 Å². The molecule has 0 amide bonds. The van der Waals surface area contributed by atoms with Crippen LogP contribution in [0.4, 0.5) is 4.79 Å². The van der Waals surface area contributed by atoms with Gasteiger partial charge in [0.15, 0.2) is 0 Å². The molecule has 0 radical (unpaired) electrons. The van der Waals surface area contributed by atoms with E-state index >= 15 is 0 Å². The molecular formula is C14H15BO6. The Kier molecular flexibility index (Phi) is 7.59. The highest BCUT2D eigenvalue weighted by atomic mass is 17.2. The number of benzene rings is 2. The zero-order valence-corrected chi connectivity index (χ0v) is 11.1. The van der Waals surface area contributed by atoms with Gasteiger partial charge in [-0.2, -0.15) is 4.89 Å². The minimum atomic E-state index is -1.44. The van der Waals surface area contributed by atoms with Crippen LogP contribution in [0.1, 0.15) is 5.56 Å². The highest BCUT2D eigenvalue weighted by molar-refractivity contribution is 6.58. The summed E-state index contributed by atoms with van der Waals surface area (Å²) in [6.07, 6.45) is -1.44. The van der Waals surface area contributed by atoms with Crippen LogP contribution in [0.15, 0.2) is 60.7 Å². The van der Waals surface area contributed by atoms with Crippen LogP contribution in [-0.4, -0.2) is 28.4 Å². The van der Waals surface area contributed by atoms with Crippen LogP contribution < -0.4 is 5.46 Å². The molecule has 0 aliphatic heterocycles. The fourth-order valence-electron chi connectivity index (χ4n) is 1.35. The van der Waals surface area contributed by atoms with Crippen LogP contribution in [0.25, 0.3) is 0 Å². The van der Waals surface area contributed by atoms with Crippen molar-refractivity contribution in [2.45, 2.75) is 6.61 Å². The first-order valence-electron chi connectivity index (χ1n) is 6.07. The molecule has 21 heavy (non-hydrogen) atoms. The molecule has 0 unspecified atom stereocenters. The summed E-state index contributed by atoms with van der Waals surface area (Å²) in [5, 5.41) is 25.2. The Balaban J connectivity index is 0.000000219. The molecule has 0 aliphatic carbocycles. The topological polar surface area (TPSA) is 96.2 Å². The molecule has 7 heteroatoms. The van der Waals surface area contributed by atoms with Crippen LogP contribution in [0.5, 0.6) is 0 Å². The van der Waals surface area contributed by atoms with Gasteiger partial charge in [0.25, 0.3) is 0 Å². The third-order valence-corrected chi connectivity index (χ3v) is 2.30. The van der Waals surface area contributed by atoms with Gasteiger partial charge in [0, 0.05) is 0 Å². The van der Waals surface area contributed by atoms with Gasteiger partial charge in [0.2, 0.25) is 0 Å². The predicted octanol–water partition coefficient (Wildman–Crippen LogP) is 1.18. The van der Waals surface area contributed by atoms with Crippen LogP contribution in [-0.2, 0) is 16.4 Å². The summed E-state index contributed by atoms with van der Waals surface area (Å²) >= 11 is 0. The molecule has 0 bridgehead atoms. The maximum Gasteiger partial charge on any atom is 0.537 e. The van der Waals surface area contributed by atoms with Gasteiger partial charge in [0.05, 0.1) is 0 Å². The van der Waals surface area contributed by atoms with Crippen molar-refractivity contribution < 1.29 is 29.7 Å². The first-order chi connectivity index (χ1) is 10.1. The maximum absolute atomic E-state index is 9.84. The van der Waals surface area contributed by atoms with Crippen LogP contribution >= 0.6 is 0 Å². The van der Waals surface area contributed by atoms with Crippen molar-refractivity contribution in [2.24, 2.45) is 0 Å². The predicted molar refractivity (Wildman–Crippen MR) is 76.6 cm³/mol. The number of rotatable bonds is 4. The standard InChI is InChI=1S/C8H8O4.C6H7BO2/c9-8(10)12-11-6-7-4-2-1-3-5-7;8-7(9)6-4-2-1-3-5-6/h1-5H,6H2,(H,9,10);1-5,8-9H. The summed E-state index contributed by atoms with van der Waals surface area (Å²) in [4.78, 5) is 18.1. The van der Waals surface area contributed by atoms with Crippen molar-refractivity contribution in [1.29, 1.82) is 0 Å². The zero-order valence-electron chi connectivity index (χ0n) is 11.1. The van der Waals surface area contributed by atoms with Crippen LogP contribution in [0.2, 0.25) is 0 Å². The van der Waals surface area contributed by atoms with Crippen molar-refractivity contribution in [1.82, 2.24) is 0 Å². The first kappa shape index (κ1) is 16.7. The summed E-state index contributed by atoms with van der Waals surface area (Å²) < 4.78 is 0. The molecule has 2 aromatic carbocycles. The molecule has 0 aromatic heterocycles. The van der Waals surface area contributed by atoms with Gasteiger partial charge < -0.3 is 15.2 Å². The van der Waals surface area contributed by atoms with E-state index < -0.39 is 13.3 Å². The fraction of sp³-hybridized carbons (Fsp3) is 0.0714. The summed E-state index contributed by atoms with van der Waals surface area (Å²) in [5.74, 6) is 0. The SMILES string of the molecule is O=C(O)OOCc1ccccc1.OB(O)c1ccccc1. The van der Waals surface area contributed by atoms with Gasteiger partial charge in [-0.15, -0.1) is 0 Å². The number of hydrogen-bond donors (Lipinski definition) is 3. The molecule has 2 rings (SSSR count). The third-order valence-electron chi connectivity index (χ3n) is 2.30. The Morgan fingerprint density at radius 1 is 0.952 bits per heavy atom. The van der Waals surface area contributed by atoms with Crippen molar-refractivity contribution in [3.05, 3.63) is 66.2 Å². The van der Waals surface area contributed by atoms with E-state index in [1.165, 1.54) is 0 Å². The van der Waals surface area contributed by atoms with E-state index in [0.717, 1.165) is 5.56 Å².